The van der Waals surface area contributed by atoms with Gasteiger partial charge in [-0.15, -0.1) is 0 Å². The maximum absolute atomic E-state index is 12.1. The highest BCUT2D eigenvalue weighted by molar-refractivity contribution is 5.90. The van der Waals surface area contributed by atoms with Crippen molar-refractivity contribution in [1.82, 2.24) is 25.4 Å². The van der Waals surface area contributed by atoms with Gasteiger partial charge < -0.3 is 14.8 Å². The monoisotopic (exact) mass is 319 g/mol. The van der Waals surface area contributed by atoms with Crippen LogP contribution in [0.3, 0.4) is 0 Å². The molecule has 0 unspecified atom stereocenters. The molecule has 2 N–H and O–H groups in total. The van der Waals surface area contributed by atoms with Gasteiger partial charge in [-0.05, 0) is 42.0 Å². The van der Waals surface area contributed by atoms with Crippen LogP contribution in [-0.2, 0) is 6.54 Å². The van der Waals surface area contributed by atoms with Gasteiger partial charge in [0, 0.05) is 41.6 Å². The van der Waals surface area contributed by atoms with Crippen molar-refractivity contribution < 1.29 is 9.32 Å². The standard InChI is InChI=1S/C17H13N5O2/c23-16(20-10-11-3-6-18-7-4-11)17-21-15(22-24-17)13-1-2-14-12(9-13)5-8-19-14/h1-9,19H,10H2,(H,20,23). The van der Waals surface area contributed by atoms with Crippen LogP contribution in [0.1, 0.15) is 16.2 Å². The predicted molar refractivity (Wildman–Crippen MR) is 87.0 cm³/mol. The molecule has 4 aromatic rings. The van der Waals surface area contributed by atoms with E-state index in [-0.39, 0.29) is 5.89 Å². The van der Waals surface area contributed by atoms with Gasteiger partial charge in [-0.3, -0.25) is 9.78 Å². The van der Waals surface area contributed by atoms with Crippen molar-refractivity contribution >= 4 is 16.8 Å². The summed E-state index contributed by atoms with van der Waals surface area (Å²) in [5.74, 6) is -0.0892. The highest BCUT2D eigenvalue weighted by atomic mass is 16.5. The van der Waals surface area contributed by atoms with E-state index in [1.54, 1.807) is 12.4 Å². The Bertz CT molecular complexity index is 990. The Morgan fingerprint density at radius 1 is 1.17 bits per heavy atom. The second-order valence-corrected chi connectivity index (χ2v) is 5.24. The van der Waals surface area contributed by atoms with Crippen LogP contribution in [0.4, 0.5) is 0 Å². The molecule has 0 aliphatic rings. The zero-order chi connectivity index (χ0) is 16.4. The third-order valence-corrected chi connectivity index (χ3v) is 3.63. The normalized spacial score (nSPS) is 10.8. The minimum Gasteiger partial charge on any atom is -0.361 e. The number of hydrogen-bond acceptors (Lipinski definition) is 5. The van der Waals surface area contributed by atoms with Crippen molar-refractivity contribution in [3.8, 4) is 11.4 Å². The minimum absolute atomic E-state index is 0.0618. The van der Waals surface area contributed by atoms with E-state index in [0.29, 0.717) is 12.4 Å². The van der Waals surface area contributed by atoms with Crippen molar-refractivity contribution in [2.45, 2.75) is 6.54 Å². The first-order chi connectivity index (χ1) is 11.8. The number of benzene rings is 1. The van der Waals surface area contributed by atoms with Crippen LogP contribution in [0.25, 0.3) is 22.3 Å². The maximum atomic E-state index is 12.1. The number of H-pyrrole nitrogens is 1. The van der Waals surface area contributed by atoms with E-state index in [9.17, 15) is 4.79 Å². The SMILES string of the molecule is O=C(NCc1ccncc1)c1nc(-c2ccc3[nH]ccc3c2)no1. The molecule has 1 amide bonds. The van der Waals surface area contributed by atoms with E-state index in [1.807, 2.05) is 42.6 Å². The minimum atomic E-state index is -0.409. The summed E-state index contributed by atoms with van der Waals surface area (Å²) in [6.07, 6.45) is 5.20. The van der Waals surface area contributed by atoms with Crippen LogP contribution in [0, 0.1) is 0 Å². The molecule has 0 saturated heterocycles. The number of nitrogens with zero attached hydrogens (tertiary/aromatic N) is 3. The molecule has 0 saturated carbocycles. The molecule has 0 radical (unpaired) electrons. The summed E-state index contributed by atoms with van der Waals surface area (Å²) in [6.45, 7) is 0.369. The molecule has 0 bridgehead atoms. The quantitative estimate of drug-likeness (QED) is 0.602. The second kappa shape index (κ2) is 5.96. The lowest BCUT2D eigenvalue weighted by molar-refractivity contribution is 0.0907. The molecule has 1 aromatic carbocycles. The number of aromatic nitrogens is 4. The number of carbonyl (C=O) groups is 1. The lowest BCUT2D eigenvalue weighted by Gasteiger charge is -2.01. The summed E-state index contributed by atoms with van der Waals surface area (Å²) in [4.78, 5) is 23.3. The highest BCUT2D eigenvalue weighted by Gasteiger charge is 2.16. The van der Waals surface area contributed by atoms with E-state index in [0.717, 1.165) is 22.0 Å². The fourth-order valence-electron chi connectivity index (χ4n) is 2.38. The largest absolute Gasteiger partial charge is 0.361 e. The van der Waals surface area contributed by atoms with Gasteiger partial charge in [0.05, 0.1) is 0 Å². The van der Waals surface area contributed by atoms with Gasteiger partial charge in [0.2, 0.25) is 5.82 Å². The zero-order valence-electron chi connectivity index (χ0n) is 12.6. The summed E-state index contributed by atoms with van der Waals surface area (Å²) in [5, 5.41) is 7.67. The van der Waals surface area contributed by atoms with Crippen molar-refractivity contribution in [3.63, 3.8) is 0 Å². The number of aromatic amines is 1. The fourth-order valence-corrected chi connectivity index (χ4v) is 2.38. The van der Waals surface area contributed by atoms with Gasteiger partial charge in [0.1, 0.15) is 0 Å². The second-order valence-electron chi connectivity index (χ2n) is 5.24. The van der Waals surface area contributed by atoms with Gasteiger partial charge in [0.25, 0.3) is 0 Å². The van der Waals surface area contributed by atoms with Crippen LogP contribution in [0.2, 0.25) is 0 Å². The first kappa shape index (κ1) is 14.1. The fraction of sp³-hybridized carbons (Fsp3) is 0.0588. The zero-order valence-corrected chi connectivity index (χ0v) is 12.6. The van der Waals surface area contributed by atoms with Crippen molar-refractivity contribution in [3.05, 3.63) is 66.4 Å². The number of amides is 1. The molecule has 7 nitrogen and oxygen atoms in total. The summed E-state index contributed by atoms with van der Waals surface area (Å²) < 4.78 is 5.07. The number of nitrogens with one attached hydrogen (secondary N) is 2. The summed E-state index contributed by atoms with van der Waals surface area (Å²) in [5.41, 5.74) is 2.76. The van der Waals surface area contributed by atoms with Crippen LogP contribution in [0.15, 0.2) is 59.5 Å². The Morgan fingerprint density at radius 2 is 2.04 bits per heavy atom. The lowest BCUT2D eigenvalue weighted by atomic mass is 10.1. The van der Waals surface area contributed by atoms with E-state index in [4.69, 9.17) is 4.52 Å². The van der Waals surface area contributed by atoms with Crippen molar-refractivity contribution in [2.75, 3.05) is 0 Å². The Hall–Kier alpha value is -3.48. The van der Waals surface area contributed by atoms with Crippen LogP contribution < -0.4 is 5.32 Å². The van der Waals surface area contributed by atoms with Crippen molar-refractivity contribution in [2.24, 2.45) is 0 Å². The van der Waals surface area contributed by atoms with Crippen LogP contribution in [-0.4, -0.2) is 26.0 Å². The Balaban J connectivity index is 1.50. The third kappa shape index (κ3) is 2.74. The maximum Gasteiger partial charge on any atom is 0.316 e. The van der Waals surface area contributed by atoms with Gasteiger partial charge in [-0.2, -0.15) is 4.98 Å². The third-order valence-electron chi connectivity index (χ3n) is 3.63. The Morgan fingerprint density at radius 3 is 2.92 bits per heavy atom. The molecule has 0 fully saturated rings. The molecular weight excluding hydrogens is 306 g/mol. The van der Waals surface area contributed by atoms with Crippen molar-refractivity contribution in [1.29, 1.82) is 0 Å². The molecule has 0 spiro atoms. The van der Waals surface area contributed by atoms with E-state index in [2.05, 4.69) is 25.4 Å². The first-order valence-corrected chi connectivity index (χ1v) is 7.38. The van der Waals surface area contributed by atoms with Gasteiger partial charge in [0.15, 0.2) is 0 Å². The molecule has 0 aliphatic heterocycles. The smallest absolute Gasteiger partial charge is 0.316 e. The number of hydrogen-bond donors (Lipinski definition) is 2. The molecule has 7 heteroatoms. The topological polar surface area (TPSA) is 96.7 Å². The number of fused-ring (bicyclic) bond motifs is 1. The molecule has 118 valence electrons. The summed E-state index contributed by atoms with van der Waals surface area (Å²) in [7, 11) is 0. The van der Waals surface area contributed by atoms with Gasteiger partial charge in [-0.1, -0.05) is 5.16 Å². The first-order valence-electron chi connectivity index (χ1n) is 7.38. The van der Waals surface area contributed by atoms with Gasteiger partial charge in [-0.25, -0.2) is 0 Å². The predicted octanol–water partition coefficient (Wildman–Crippen LogP) is 2.54. The molecule has 24 heavy (non-hydrogen) atoms. The van der Waals surface area contributed by atoms with Gasteiger partial charge >= 0.3 is 11.8 Å². The molecule has 3 heterocycles. The molecular formula is C17H13N5O2. The molecule has 3 aromatic heterocycles. The lowest BCUT2D eigenvalue weighted by Crippen LogP contribution is -2.23. The van der Waals surface area contributed by atoms with E-state index < -0.39 is 5.91 Å². The molecule has 0 atom stereocenters. The van der Waals surface area contributed by atoms with E-state index in [1.165, 1.54) is 0 Å². The Labute approximate surface area is 136 Å². The van der Waals surface area contributed by atoms with Crippen LogP contribution in [0.5, 0.6) is 0 Å². The summed E-state index contributed by atoms with van der Waals surface area (Å²) in [6, 6.07) is 11.4. The average molecular weight is 319 g/mol. The number of carbonyl (C=O) groups excluding carboxylic acids is 1. The Kier molecular flexibility index (Phi) is 3.51. The highest BCUT2D eigenvalue weighted by Crippen LogP contribution is 2.21. The van der Waals surface area contributed by atoms with E-state index >= 15 is 0 Å². The average Bonchev–Trinajstić information content (AvgIpc) is 3.29. The number of rotatable bonds is 4. The molecule has 0 aliphatic carbocycles. The van der Waals surface area contributed by atoms with Crippen LogP contribution >= 0.6 is 0 Å². The molecule has 4 rings (SSSR count). The summed E-state index contributed by atoms with van der Waals surface area (Å²) >= 11 is 0. The number of pyridine rings is 1.